The van der Waals surface area contributed by atoms with Crippen molar-refractivity contribution >= 4 is 28.9 Å². The van der Waals surface area contributed by atoms with Gasteiger partial charge < -0.3 is 5.32 Å². The molecule has 0 saturated carbocycles. The van der Waals surface area contributed by atoms with Crippen molar-refractivity contribution < 1.29 is 9.72 Å². The highest BCUT2D eigenvalue weighted by Crippen LogP contribution is 2.23. The number of aryl methyl sites for hydroxylation is 1. The number of amides is 1. The van der Waals surface area contributed by atoms with Crippen molar-refractivity contribution in [3.05, 3.63) is 68.7 Å². The van der Waals surface area contributed by atoms with E-state index in [1.807, 2.05) is 31.2 Å². The average molecular weight is 362 g/mol. The van der Waals surface area contributed by atoms with Gasteiger partial charge in [0.25, 0.3) is 5.69 Å². The second-order valence-corrected chi connectivity index (χ2v) is 6.17. The van der Waals surface area contributed by atoms with Gasteiger partial charge in [0.05, 0.1) is 11.5 Å². The molecule has 7 heteroatoms. The van der Waals surface area contributed by atoms with E-state index in [0.717, 1.165) is 17.7 Å². The van der Waals surface area contributed by atoms with Gasteiger partial charge in [0.1, 0.15) is 0 Å². The third-order valence-corrected chi connectivity index (χ3v) is 4.13. The van der Waals surface area contributed by atoms with Crippen molar-refractivity contribution in [1.82, 2.24) is 4.90 Å². The highest BCUT2D eigenvalue weighted by Gasteiger charge is 2.14. The number of hydrogen-bond acceptors (Lipinski definition) is 4. The van der Waals surface area contributed by atoms with E-state index in [1.54, 1.807) is 11.9 Å². The van der Waals surface area contributed by atoms with Crippen molar-refractivity contribution in [2.24, 2.45) is 0 Å². The molecule has 0 spiro atoms. The monoisotopic (exact) mass is 361 g/mol. The molecule has 6 nitrogen and oxygen atoms in total. The minimum atomic E-state index is -0.464. The number of hydrogen-bond donors (Lipinski definition) is 1. The smallest absolute Gasteiger partial charge is 0.269 e. The Morgan fingerprint density at radius 2 is 1.96 bits per heavy atom. The Kier molecular flexibility index (Phi) is 6.50. The van der Waals surface area contributed by atoms with Gasteiger partial charge in [0, 0.05) is 29.4 Å². The second kappa shape index (κ2) is 8.60. The van der Waals surface area contributed by atoms with Gasteiger partial charge >= 0.3 is 0 Å². The summed E-state index contributed by atoms with van der Waals surface area (Å²) < 4.78 is 0. The van der Waals surface area contributed by atoms with Crippen molar-refractivity contribution in [3.63, 3.8) is 0 Å². The maximum atomic E-state index is 12.2. The number of carbonyl (C=O) groups excluding carboxylic acids is 1. The first kappa shape index (κ1) is 18.9. The third kappa shape index (κ3) is 5.27. The fraction of sp³-hybridized carbons (Fsp3) is 0.278. The van der Waals surface area contributed by atoms with Gasteiger partial charge in [-0.25, -0.2) is 0 Å². The fourth-order valence-electron chi connectivity index (χ4n) is 2.53. The van der Waals surface area contributed by atoms with Crippen LogP contribution < -0.4 is 5.32 Å². The van der Waals surface area contributed by atoms with Crippen LogP contribution in [0.3, 0.4) is 0 Å². The molecular formula is C18H20ClN3O3. The molecule has 1 amide bonds. The van der Waals surface area contributed by atoms with E-state index in [4.69, 9.17) is 11.6 Å². The molecule has 0 aliphatic carbocycles. The molecule has 0 radical (unpaired) electrons. The van der Waals surface area contributed by atoms with Gasteiger partial charge in [-0.1, -0.05) is 36.7 Å². The van der Waals surface area contributed by atoms with Crippen LogP contribution in [0.15, 0.2) is 42.5 Å². The van der Waals surface area contributed by atoms with Crippen molar-refractivity contribution in [3.8, 4) is 0 Å². The SMILES string of the molecule is CCc1ccccc1NC(=O)CN(C)Cc1cc([N+](=O)[O-])ccc1Cl. The number of carbonyl (C=O) groups is 1. The molecule has 2 aromatic rings. The highest BCUT2D eigenvalue weighted by atomic mass is 35.5. The van der Waals surface area contributed by atoms with Crippen LogP contribution >= 0.6 is 11.6 Å². The molecule has 25 heavy (non-hydrogen) atoms. The molecule has 0 aromatic heterocycles. The molecule has 0 heterocycles. The Hall–Kier alpha value is -2.44. The van der Waals surface area contributed by atoms with Gasteiger partial charge in [-0.3, -0.25) is 19.8 Å². The molecule has 0 aliphatic rings. The first-order valence-corrected chi connectivity index (χ1v) is 8.27. The minimum absolute atomic E-state index is 0.0193. The summed E-state index contributed by atoms with van der Waals surface area (Å²) in [6, 6.07) is 12.0. The number of benzene rings is 2. The summed E-state index contributed by atoms with van der Waals surface area (Å²) in [4.78, 5) is 24.4. The van der Waals surface area contributed by atoms with Crippen LogP contribution in [0.4, 0.5) is 11.4 Å². The summed E-state index contributed by atoms with van der Waals surface area (Å²) >= 11 is 6.10. The van der Waals surface area contributed by atoms with Crippen LogP contribution in [0.1, 0.15) is 18.1 Å². The average Bonchev–Trinajstić information content (AvgIpc) is 2.56. The quantitative estimate of drug-likeness (QED) is 0.599. The predicted molar refractivity (Wildman–Crippen MR) is 98.9 cm³/mol. The topological polar surface area (TPSA) is 75.5 Å². The molecule has 132 valence electrons. The molecule has 0 fully saturated rings. The number of nitro benzene ring substituents is 1. The van der Waals surface area contributed by atoms with Gasteiger partial charge in [-0.15, -0.1) is 0 Å². The Labute approximate surface area is 151 Å². The van der Waals surface area contributed by atoms with Crippen LogP contribution in [0, 0.1) is 10.1 Å². The number of para-hydroxylation sites is 1. The van der Waals surface area contributed by atoms with Gasteiger partial charge in [0.2, 0.25) is 5.91 Å². The summed E-state index contributed by atoms with van der Waals surface area (Å²) in [5.74, 6) is -0.148. The minimum Gasteiger partial charge on any atom is -0.325 e. The molecule has 0 unspecified atom stereocenters. The number of anilines is 1. The van der Waals surface area contributed by atoms with Crippen LogP contribution in [0.5, 0.6) is 0 Å². The zero-order valence-electron chi connectivity index (χ0n) is 14.2. The Bertz CT molecular complexity index is 780. The van der Waals surface area contributed by atoms with Crippen molar-refractivity contribution in [1.29, 1.82) is 0 Å². The maximum Gasteiger partial charge on any atom is 0.269 e. The number of likely N-dealkylation sites (N-methyl/N-ethyl adjacent to an activating group) is 1. The second-order valence-electron chi connectivity index (χ2n) is 5.76. The van der Waals surface area contributed by atoms with E-state index in [0.29, 0.717) is 17.1 Å². The number of halogens is 1. The molecular weight excluding hydrogens is 342 g/mol. The molecule has 0 aliphatic heterocycles. The maximum absolute atomic E-state index is 12.2. The summed E-state index contributed by atoms with van der Waals surface area (Å²) in [5, 5.41) is 14.2. The number of rotatable bonds is 7. The van der Waals surface area contributed by atoms with Crippen LogP contribution in [-0.4, -0.2) is 29.3 Å². The van der Waals surface area contributed by atoms with Gasteiger partial charge in [-0.05, 0) is 36.7 Å². The van der Waals surface area contributed by atoms with E-state index < -0.39 is 4.92 Å². The lowest BCUT2D eigenvalue weighted by molar-refractivity contribution is -0.384. The Morgan fingerprint density at radius 1 is 1.24 bits per heavy atom. The number of nitrogens with zero attached hydrogens (tertiary/aromatic N) is 2. The molecule has 1 N–H and O–H groups in total. The first-order valence-electron chi connectivity index (χ1n) is 7.89. The lowest BCUT2D eigenvalue weighted by atomic mass is 10.1. The largest absolute Gasteiger partial charge is 0.325 e. The van der Waals surface area contributed by atoms with E-state index >= 15 is 0 Å². The summed E-state index contributed by atoms with van der Waals surface area (Å²) in [5.41, 5.74) is 2.46. The first-order chi connectivity index (χ1) is 11.9. The summed E-state index contributed by atoms with van der Waals surface area (Å²) in [6.07, 6.45) is 0.829. The van der Waals surface area contributed by atoms with Gasteiger partial charge in [0.15, 0.2) is 0 Å². The fourth-order valence-corrected chi connectivity index (χ4v) is 2.71. The number of nitrogens with one attached hydrogen (secondary N) is 1. The van der Waals surface area contributed by atoms with Crippen LogP contribution in [-0.2, 0) is 17.8 Å². The Balaban J connectivity index is 2.00. The number of non-ortho nitro benzene ring substituents is 1. The third-order valence-electron chi connectivity index (χ3n) is 3.77. The number of nitro groups is 1. The molecule has 0 saturated heterocycles. The lowest BCUT2D eigenvalue weighted by Crippen LogP contribution is -2.30. The van der Waals surface area contributed by atoms with Crippen LogP contribution in [0.2, 0.25) is 5.02 Å². The predicted octanol–water partition coefficient (Wildman–Crippen LogP) is 3.88. The Morgan fingerprint density at radius 3 is 2.64 bits per heavy atom. The van der Waals surface area contributed by atoms with E-state index in [2.05, 4.69) is 5.32 Å². The standard InChI is InChI=1S/C18H20ClN3O3/c1-3-13-6-4-5-7-17(13)20-18(23)12-21(2)11-14-10-15(22(24)25)8-9-16(14)19/h4-10H,3,11-12H2,1-2H3,(H,20,23). The van der Waals surface area contributed by atoms with Crippen molar-refractivity contribution in [2.75, 3.05) is 18.9 Å². The van der Waals surface area contributed by atoms with E-state index in [9.17, 15) is 14.9 Å². The molecule has 2 aromatic carbocycles. The summed E-state index contributed by atoms with van der Waals surface area (Å²) in [7, 11) is 1.76. The zero-order chi connectivity index (χ0) is 18.4. The normalized spacial score (nSPS) is 10.7. The zero-order valence-corrected chi connectivity index (χ0v) is 14.9. The highest BCUT2D eigenvalue weighted by molar-refractivity contribution is 6.31. The van der Waals surface area contributed by atoms with Gasteiger partial charge in [-0.2, -0.15) is 0 Å². The van der Waals surface area contributed by atoms with Crippen molar-refractivity contribution in [2.45, 2.75) is 19.9 Å². The summed E-state index contributed by atoms with van der Waals surface area (Å²) in [6.45, 7) is 2.52. The lowest BCUT2D eigenvalue weighted by Gasteiger charge is -2.18. The molecule has 0 atom stereocenters. The van der Waals surface area contributed by atoms with E-state index in [1.165, 1.54) is 18.2 Å². The van der Waals surface area contributed by atoms with E-state index in [-0.39, 0.29) is 18.1 Å². The molecule has 0 bridgehead atoms. The molecule has 2 rings (SSSR count). The van der Waals surface area contributed by atoms with Crippen LogP contribution in [0.25, 0.3) is 0 Å².